The Morgan fingerprint density at radius 1 is 1.09 bits per heavy atom. The molecular weight excluding hydrogens is 270 g/mol. The zero-order chi connectivity index (χ0) is 15.5. The van der Waals surface area contributed by atoms with Crippen molar-refractivity contribution in [2.24, 2.45) is 11.8 Å². The van der Waals surface area contributed by atoms with E-state index < -0.39 is 0 Å². The molecule has 0 spiro atoms. The summed E-state index contributed by atoms with van der Waals surface area (Å²) in [6.45, 7) is 4.57. The third kappa shape index (κ3) is 3.16. The van der Waals surface area contributed by atoms with Gasteiger partial charge in [0, 0.05) is 6.04 Å². The predicted molar refractivity (Wildman–Crippen MR) is 91.8 cm³/mol. The van der Waals surface area contributed by atoms with E-state index >= 15 is 0 Å². The number of fused-ring (bicyclic) bond motifs is 1. The fraction of sp³-hybridized carbons (Fsp3) is 0.450. The monoisotopic (exact) mass is 295 g/mol. The number of hydrogen-bond acceptors (Lipinski definition) is 1. The van der Waals surface area contributed by atoms with Crippen LogP contribution in [0.1, 0.15) is 38.7 Å². The van der Waals surface area contributed by atoms with Crippen LogP contribution in [0, 0.1) is 11.8 Å². The van der Waals surface area contributed by atoms with Gasteiger partial charge in [0.15, 0.2) is 0 Å². The lowest BCUT2D eigenvalue weighted by Crippen LogP contribution is -2.44. The molecule has 1 aliphatic carbocycles. The van der Waals surface area contributed by atoms with Crippen LogP contribution in [0.5, 0.6) is 0 Å². The van der Waals surface area contributed by atoms with Crippen LogP contribution in [0.4, 0.5) is 0 Å². The zero-order valence-corrected chi connectivity index (χ0v) is 13.5. The van der Waals surface area contributed by atoms with E-state index in [0.29, 0.717) is 24.3 Å². The number of hydrogen-bond donors (Lipinski definition) is 1. The highest BCUT2D eigenvalue weighted by Crippen LogP contribution is 2.29. The van der Waals surface area contributed by atoms with Crippen LogP contribution in [0.2, 0.25) is 0 Å². The molecule has 2 nitrogen and oxygen atoms in total. The van der Waals surface area contributed by atoms with E-state index in [1.54, 1.807) is 0 Å². The first-order chi connectivity index (χ1) is 10.6. The Balaban J connectivity index is 1.71. The molecule has 1 fully saturated rings. The molecule has 2 heteroatoms. The summed E-state index contributed by atoms with van der Waals surface area (Å²) in [5.41, 5.74) is 1.12. The number of carbonyl (C=O) groups excluding carboxylic acids is 1. The average molecular weight is 295 g/mol. The van der Waals surface area contributed by atoms with Crippen molar-refractivity contribution in [1.29, 1.82) is 0 Å². The van der Waals surface area contributed by atoms with Crippen molar-refractivity contribution in [2.45, 2.75) is 45.6 Å². The Morgan fingerprint density at radius 2 is 1.86 bits per heavy atom. The summed E-state index contributed by atoms with van der Waals surface area (Å²) in [4.78, 5) is 12.5. The number of carbonyl (C=O) groups is 1. The number of amides is 1. The van der Waals surface area contributed by atoms with Crippen molar-refractivity contribution in [1.82, 2.24) is 5.32 Å². The fourth-order valence-electron chi connectivity index (χ4n) is 3.66. The maximum atomic E-state index is 12.5. The Morgan fingerprint density at radius 3 is 2.73 bits per heavy atom. The quantitative estimate of drug-likeness (QED) is 0.897. The first-order valence-electron chi connectivity index (χ1n) is 8.41. The molecule has 1 N–H and O–H groups in total. The molecule has 116 valence electrons. The van der Waals surface area contributed by atoms with Gasteiger partial charge in [-0.25, -0.2) is 0 Å². The lowest BCUT2D eigenvalue weighted by molar-refractivity contribution is -0.121. The Kier molecular flexibility index (Phi) is 4.47. The van der Waals surface area contributed by atoms with Gasteiger partial charge in [-0.3, -0.25) is 4.79 Å². The van der Waals surface area contributed by atoms with Gasteiger partial charge >= 0.3 is 0 Å². The maximum absolute atomic E-state index is 12.5. The van der Waals surface area contributed by atoms with Gasteiger partial charge < -0.3 is 5.32 Å². The van der Waals surface area contributed by atoms with E-state index in [9.17, 15) is 4.79 Å². The summed E-state index contributed by atoms with van der Waals surface area (Å²) < 4.78 is 0. The molecule has 3 rings (SSSR count). The molecule has 3 atom stereocenters. The highest BCUT2D eigenvalue weighted by atomic mass is 16.1. The van der Waals surface area contributed by atoms with Gasteiger partial charge in [-0.05, 0) is 34.6 Å². The van der Waals surface area contributed by atoms with Gasteiger partial charge in [-0.2, -0.15) is 0 Å². The second kappa shape index (κ2) is 6.51. The third-order valence-corrected chi connectivity index (χ3v) is 5.28. The molecule has 1 saturated carbocycles. The summed E-state index contributed by atoms with van der Waals surface area (Å²) in [6, 6.07) is 14.8. The van der Waals surface area contributed by atoms with Gasteiger partial charge in [0.25, 0.3) is 0 Å². The van der Waals surface area contributed by atoms with Crippen molar-refractivity contribution in [2.75, 3.05) is 0 Å². The van der Waals surface area contributed by atoms with Crippen molar-refractivity contribution in [3.63, 3.8) is 0 Å². The summed E-state index contributed by atoms with van der Waals surface area (Å²) in [5.74, 6) is 1.43. The number of rotatable bonds is 3. The second-order valence-corrected chi connectivity index (χ2v) is 6.76. The molecule has 0 bridgehead atoms. The van der Waals surface area contributed by atoms with E-state index in [1.807, 2.05) is 18.2 Å². The van der Waals surface area contributed by atoms with E-state index in [2.05, 4.69) is 43.4 Å². The summed E-state index contributed by atoms with van der Waals surface area (Å²) in [5, 5.41) is 5.66. The normalized spacial score (nSPS) is 25.1. The molecule has 22 heavy (non-hydrogen) atoms. The summed E-state index contributed by atoms with van der Waals surface area (Å²) in [6.07, 6.45) is 4.10. The van der Waals surface area contributed by atoms with Crippen LogP contribution >= 0.6 is 0 Å². The number of benzene rings is 2. The molecule has 2 aromatic rings. The molecule has 0 unspecified atom stereocenters. The maximum Gasteiger partial charge on any atom is 0.224 e. The van der Waals surface area contributed by atoms with Gasteiger partial charge in [-0.1, -0.05) is 69.2 Å². The van der Waals surface area contributed by atoms with Gasteiger partial charge in [-0.15, -0.1) is 0 Å². The number of nitrogens with one attached hydrogen (secondary N) is 1. The van der Waals surface area contributed by atoms with Crippen LogP contribution in [0.25, 0.3) is 10.8 Å². The molecule has 0 heterocycles. The molecule has 0 radical (unpaired) electrons. The second-order valence-electron chi connectivity index (χ2n) is 6.76. The molecule has 0 aliphatic heterocycles. The van der Waals surface area contributed by atoms with Crippen LogP contribution in [0.15, 0.2) is 42.5 Å². The molecule has 1 aliphatic rings. The largest absolute Gasteiger partial charge is 0.353 e. The Bertz CT molecular complexity index is 658. The highest BCUT2D eigenvalue weighted by Gasteiger charge is 2.28. The smallest absolute Gasteiger partial charge is 0.224 e. The molecule has 0 aromatic heterocycles. The van der Waals surface area contributed by atoms with Crippen molar-refractivity contribution < 1.29 is 4.79 Å². The van der Waals surface area contributed by atoms with E-state index in [4.69, 9.17) is 0 Å². The van der Waals surface area contributed by atoms with Crippen LogP contribution < -0.4 is 5.32 Å². The van der Waals surface area contributed by atoms with E-state index in [1.165, 1.54) is 23.6 Å². The predicted octanol–water partition coefficient (Wildman–Crippen LogP) is 4.32. The molecular formula is C20H25NO. The lowest BCUT2D eigenvalue weighted by atomic mass is 9.78. The van der Waals surface area contributed by atoms with Crippen LogP contribution in [-0.2, 0) is 11.2 Å². The molecule has 2 aromatic carbocycles. The van der Waals surface area contributed by atoms with Crippen LogP contribution in [-0.4, -0.2) is 11.9 Å². The van der Waals surface area contributed by atoms with Crippen molar-refractivity contribution in [3.8, 4) is 0 Å². The summed E-state index contributed by atoms with van der Waals surface area (Å²) >= 11 is 0. The van der Waals surface area contributed by atoms with E-state index in [-0.39, 0.29) is 5.91 Å². The summed E-state index contributed by atoms with van der Waals surface area (Å²) in [7, 11) is 0. The SMILES string of the molecule is C[C@@H]1[C@H](C)CCC[C@H]1NC(=O)Cc1cccc2ccccc12. The van der Waals surface area contributed by atoms with Gasteiger partial charge in [0.2, 0.25) is 5.91 Å². The minimum atomic E-state index is 0.155. The minimum Gasteiger partial charge on any atom is -0.353 e. The Labute approximate surface area is 132 Å². The molecule has 0 saturated heterocycles. The first-order valence-corrected chi connectivity index (χ1v) is 8.41. The average Bonchev–Trinajstić information content (AvgIpc) is 2.52. The van der Waals surface area contributed by atoms with E-state index in [0.717, 1.165) is 12.0 Å². The highest BCUT2D eigenvalue weighted by molar-refractivity contribution is 5.90. The van der Waals surface area contributed by atoms with Crippen molar-refractivity contribution in [3.05, 3.63) is 48.0 Å². The molecule has 1 amide bonds. The standard InChI is InChI=1S/C20H25NO/c1-14-7-5-12-19(15(14)2)21-20(22)13-17-10-6-9-16-8-3-4-11-18(16)17/h3-4,6,8-11,14-15,19H,5,7,12-13H2,1-2H3,(H,21,22)/t14-,15-,19-/m1/s1. The first kappa shape index (κ1) is 15.1. The van der Waals surface area contributed by atoms with Crippen LogP contribution in [0.3, 0.4) is 0 Å². The minimum absolute atomic E-state index is 0.155. The Hall–Kier alpha value is -1.83. The van der Waals surface area contributed by atoms with Gasteiger partial charge in [0.05, 0.1) is 6.42 Å². The third-order valence-electron chi connectivity index (χ3n) is 5.28. The van der Waals surface area contributed by atoms with Crippen molar-refractivity contribution >= 4 is 16.7 Å². The zero-order valence-electron chi connectivity index (χ0n) is 13.5. The van der Waals surface area contributed by atoms with Gasteiger partial charge in [0.1, 0.15) is 0 Å². The topological polar surface area (TPSA) is 29.1 Å². The fourth-order valence-corrected chi connectivity index (χ4v) is 3.66. The lowest BCUT2D eigenvalue weighted by Gasteiger charge is -2.34.